The summed E-state index contributed by atoms with van der Waals surface area (Å²) in [5.41, 5.74) is 2.99. The minimum atomic E-state index is 0.0107. The average molecular weight is 306 g/mol. The van der Waals surface area contributed by atoms with Crippen LogP contribution in [-0.2, 0) is 10.7 Å². The maximum Gasteiger partial charge on any atom is 0.146 e. The summed E-state index contributed by atoms with van der Waals surface area (Å²) in [6.07, 6.45) is 0. The van der Waals surface area contributed by atoms with E-state index in [9.17, 15) is 0 Å². The van der Waals surface area contributed by atoms with Gasteiger partial charge in [0.05, 0.1) is 0 Å². The quantitative estimate of drug-likeness (QED) is 0.586. The van der Waals surface area contributed by atoms with Crippen molar-refractivity contribution in [3.05, 3.63) is 71.8 Å². The Labute approximate surface area is 143 Å². The highest BCUT2D eigenvalue weighted by Gasteiger charge is 2.55. The highest BCUT2D eigenvalue weighted by atomic mass is 14.5. The Morgan fingerprint density at radius 1 is 0.609 bits per heavy atom. The van der Waals surface area contributed by atoms with Gasteiger partial charge in [-0.25, -0.2) is 0 Å². The van der Waals surface area contributed by atoms with E-state index in [0.29, 0.717) is 6.71 Å². The van der Waals surface area contributed by atoms with Crippen LogP contribution in [0.25, 0.3) is 0 Å². The molecule has 0 saturated heterocycles. The van der Waals surface area contributed by atoms with Gasteiger partial charge in [0, 0.05) is 5.41 Å². The van der Waals surface area contributed by atoms with Crippen molar-refractivity contribution in [2.75, 3.05) is 0 Å². The topological polar surface area (TPSA) is 0 Å². The molecule has 23 heavy (non-hydrogen) atoms. The predicted molar refractivity (Wildman–Crippen MR) is 105 cm³/mol. The molecule has 0 bridgehead atoms. The van der Waals surface area contributed by atoms with E-state index in [2.05, 4.69) is 109 Å². The van der Waals surface area contributed by atoms with Crippen molar-refractivity contribution in [2.24, 2.45) is 5.41 Å². The molecular formula is C22H31B. The van der Waals surface area contributed by atoms with Crippen LogP contribution in [0.1, 0.15) is 45.7 Å². The predicted octanol–water partition coefficient (Wildman–Crippen LogP) is 6.24. The maximum atomic E-state index is 2.45. The van der Waals surface area contributed by atoms with Crippen LogP contribution in [0.2, 0.25) is 13.6 Å². The molecule has 0 N–H and O–H groups in total. The van der Waals surface area contributed by atoms with E-state index in [1.54, 1.807) is 0 Å². The molecule has 0 aliphatic carbocycles. The van der Waals surface area contributed by atoms with E-state index in [1.807, 2.05) is 0 Å². The minimum Gasteiger partial charge on any atom is -0.0855 e. The molecule has 0 aliphatic rings. The lowest BCUT2D eigenvalue weighted by molar-refractivity contribution is 0.144. The van der Waals surface area contributed by atoms with Gasteiger partial charge in [-0.2, -0.15) is 0 Å². The number of rotatable bonds is 4. The Balaban J connectivity index is 2.80. The van der Waals surface area contributed by atoms with E-state index < -0.39 is 0 Å². The Morgan fingerprint density at radius 2 is 1.00 bits per heavy atom. The second kappa shape index (κ2) is 6.19. The van der Waals surface area contributed by atoms with Crippen molar-refractivity contribution >= 4 is 6.71 Å². The number of hydrogen-bond acceptors (Lipinski definition) is 0. The summed E-state index contributed by atoms with van der Waals surface area (Å²) in [7, 11) is 0. The second-order valence-electron chi connectivity index (χ2n) is 8.46. The SMILES string of the molecule is CB(C)[C@@](C)(c1ccccc1)[C@](C)(c1ccccc1)C(C)(C)C. The molecule has 2 aromatic carbocycles. The van der Waals surface area contributed by atoms with Gasteiger partial charge in [0.15, 0.2) is 0 Å². The van der Waals surface area contributed by atoms with Gasteiger partial charge in [0.1, 0.15) is 6.71 Å². The van der Waals surface area contributed by atoms with E-state index in [4.69, 9.17) is 0 Å². The smallest absolute Gasteiger partial charge is 0.0855 e. The van der Waals surface area contributed by atoms with Crippen LogP contribution < -0.4 is 0 Å². The summed E-state index contributed by atoms with van der Waals surface area (Å²) in [5, 5.41) is 0.0356. The first kappa shape index (κ1) is 17.9. The normalized spacial score (nSPS) is 17.2. The molecular weight excluding hydrogens is 275 g/mol. The lowest BCUT2D eigenvalue weighted by Crippen LogP contribution is -2.59. The van der Waals surface area contributed by atoms with Crippen LogP contribution in [0.15, 0.2) is 60.7 Å². The Hall–Kier alpha value is -1.50. The fourth-order valence-corrected chi connectivity index (χ4v) is 4.27. The molecule has 2 rings (SSSR count). The highest BCUT2D eigenvalue weighted by Crippen LogP contribution is 2.55. The molecule has 0 radical (unpaired) electrons. The van der Waals surface area contributed by atoms with Crippen LogP contribution in [0, 0.1) is 5.41 Å². The van der Waals surface area contributed by atoms with Crippen LogP contribution in [0.5, 0.6) is 0 Å². The fraction of sp³-hybridized carbons (Fsp3) is 0.455. The van der Waals surface area contributed by atoms with E-state index in [0.717, 1.165) is 0 Å². The molecule has 0 fully saturated rings. The summed E-state index contributed by atoms with van der Waals surface area (Å²) in [6.45, 7) is 17.3. The number of benzene rings is 2. The third-order valence-corrected chi connectivity index (χ3v) is 6.42. The molecule has 2 aromatic rings. The van der Waals surface area contributed by atoms with Crippen LogP contribution in [-0.4, -0.2) is 6.71 Å². The molecule has 0 heterocycles. The largest absolute Gasteiger partial charge is 0.146 e. The van der Waals surface area contributed by atoms with Gasteiger partial charge in [-0.15, -0.1) is 0 Å². The van der Waals surface area contributed by atoms with E-state index in [1.165, 1.54) is 11.1 Å². The first-order valence-corrected chi connectivity index (χ1v) is 8.76. The van der Waals surface area contributed by atoms with Crippen molar-refractivity contribution in [2.45, 2.75) is 59.0 Å². The fourth-order valence-electron chi connectivity index (χ4n) is 4.27. The summed E-state index contributed by atoms with van der Waals surface area (Å²) >= 11 is 0. The Morgan fingerprint density at radius 3 is 1.35 bits per heavy atom. The molecule has 0 amide bonds. The van der Waals surface area contributed by atoms with Gasteiger partial charge in [-0.3, -0.25) is 0 Å². The van der Waals surface area contributed by atoms with E-state index in [-0.39, 0.29) is 16.1 Å². The number of hydrogen-bond donors (Lipinski definition) is 0. The Bertz CT molecular complexity index is 624. The molecule has 0 aliphatic heterocycles. The lowest BCUT2D eigenvalue weighted by Gasteiger charge is -2.57. The van der Waals surface area contributed by atoms with E-state index >= 15 is 0 Å². The van der Waals surface area contributed by atoms with Crippen LogP contribution >= 0.6 is 0 Å². The van der Waals surface area contributed by atoms with Crippen molar-refractivity contribution in [3.63, 3.8) is 0 Å². The zero-order valence-corrected chi connectivity index (χ0v) is 15.9. The van der Waals surface area contributed by atoms with Crippen molar-refractivity contribution in [1.82, 2.24) is 0 Å². The van der Waals surface area contributed by atoms with Gasteiger partial charge in [-0.1, -0.05) is 109 Å². The lowest BCUT2D eigenvalue weighted by atomic mass is 9.25. The molecule has 0 spiro atoms. The first-order chi connectivity index (χ1) is 10.7. The van der Waals surface area contributed by atoms with Gasteiger partial charge >= 0.3 is 0 Å². The maximum absolute atomic E-state index is 2.45. The standard InChI is InChI=1S/C22H31B/c1-20(2,3)21(4,18-14-10-8-11-15-18)22(5,23(6)7)19-16-12-9-13-17-19/h8-17H,1-7H3/t21-,22+/m1/s1. The average Bonchev–Trinajstić information content (AvgIpc) is 2.53. The zero-order valence-electron chi connectivity index (χ0n) is 15.9. The third kappa shape index (κ3) is 2.75. The van der Waals surface area contributed by atoms with Gasteiger partial charge in [-0.05, 0) is 21.9 Å². The summed E-state index contributed by atoms with van der Waals surface area (Å²) in [6, 6.07) is 22.1. The van der Waals surface area contributed by atoms with Crippen molar-refractivity contribution in [3.8, 4) is 0 Å². The van der Waals surface area contributed by atoms with Crippen molar-refractivity contribution in [1.29, 1.82) is 0 Å². The molecule has 122 valence electrons. The second-order valence-corrected chi connectivity index (χ2v) is 8.46. The molecule has 0 saturated carbocycles. The Kier molecular flexibility index (Phi) is 4.80. The third-order valence-electron chi connectivity index (χ3n) is 6.42. The minimum absolute atomic E-state index is 0.0107. The van der Waals surface area contributed by atoms with Gasteiger partial charge in [0.2, 0.25) is 0 Å². The van der Waals surface area contributed by atoms with Crippen LogP contribution in [0.3, 0.4) is 0 Å². The summed E-state index contributed by atoms with van der Waals surface area (Å²) < 4.78 is 0. The van der Waals surface area contributed by atoms with Gasteiger partial charge in [0.25, 0.3) is 0 Å². The summed E-state index contributed by atoms with van der Waals surface area (Å²) in [4.78, 5) is 0. The monoisotopic (exact) mass is 306 g/mol. The molecule has 0 unspecified atom stereocenters. The molecule has 1 heteroatoms. The molecule has 0 aromatic heterocycles. The van der Waals surface area contributed by atoms with Crippen molar-refractivity contribution < 1.29 is 0 Å². The first-order valence-electron chi connectivity index (χ1n) is 8.76. The highest BCUT2D eigenvalue weighted by molar-refractivity contribution is 6.59. The molecule has 0 nitrogen and oxygen atoms in total. The van der Waals surface area contributed by atoms with Gasteiger partial charge < -0.3 is 0 Å². The zero-order chi connectivity index (χ0) is 17.3. The summed E-state index contributed by atoms with van der Waals surface area (Å²) in [5.74, 6) is 0. The van der Waals surface area contributed by atoms with Crippen LogP contribution in [0.4, 0.5) is 0 Å². The molecule has 2 atom stereocenters.